The van der Waals surface area contributed by atoms with Crippen molar-refractivity contribution in [2.45, 2.75) is 38.5 Å². The van der Waals surface area contributed by atoms with E-state index in [2.05, 4.69) is 5.32 Å². The number of nitrogens with one attached hydrogen (secondary N) is 2. The summed E-state index contributed by atoms with van der Waals surface area (Å²) in [5, 5.41) is 3.99. The highest BCUT2D eigenvalue weighted by Crippen LogP contribution is 2.37. The molecule has 2 N–H and O–H groups in total. The molecule has 0 atom stereocenters. The largest absolute Gasteiger partial charge is 0.416 e. The van der Waals surface area contributed by atoms with E-state index in [4.69, 9.17) is 0 Å². The van der Waals surface area contributed by atoms with Gasteiger partial charge in [-0.15, -0.1) is 0 Å². The van der Waals surface area contributed by atoms with E-state index in [0.717, 1.165) is 12.8 Å². The maximum Gasteiger partial charge on any atom is 0.416 e. The molecule has 1 aromatic rings. The van der Waals surface area contributed by atoms with E-state index in [1.165, 1.54) is 0 Å². The molecule has 2 amide bonds. The Bertz CT molecular complexity index is 593. The van der Waals surface area contributed by atoms with Crippen molar-refractivity contribution < 1.29 is 35.9 Å². The number of carbonyl (C=O) groups excluding carboxylic acids is 2. The average Bonchev–Trinajstić information content (AvgIpc) is 2.49. The topological polar surface area (TPSA) is 58.2 Å². The summed E-state index contributed by atoms with van der Waals surface area (Å²) in [6.07, 6.45) is -7.82. The Morgan fingerprint density at radius 2 is 1.40 bits per heavy atom. The predicted octanol–water partition coefficient (Wildman–Crippen LogP) is 3.97. The Hall–Kier alpha value is -2.26. The smallest absolute Gasteiger partial charge is 0.348 e. The minimum absolute atomic E-state index is 0.0690. The first-order valence-electron chi connectivity index (χ1n) is 7.33. The molecule has 25 heavy (non-hydrogen) atoms. The molecule has 4 nitrogen and oxygen atoms in total. The number of hydrogen-bond donors (Lipinski definition) is 2. The van der Waals surface area contributed by atoms with Crippen molar-refractivity contribution in [2.75, 3.05) is 11.9 Å². The first-order valence-corrected chi connectivity index (χ1v) is 7.33. The average molecular weight is 370 g/mol. The molecule has 0 saturated heterocycles. The maximum atomic E-state index is 12.7. The van der Waals surface area contributed by atoms with Crippen LogP contribution in [-0.4, -0.2) is 18.4 Å². The van der Waals surface area contributed by atoms with Crippen LogP contribution in [0.25, 0.3) is 0 Å². The number of benzene rings is 1. The van der Waals surface area contributed by atoms with E-state index in [1.807, 2.05) is 6.92 Å². The van der Waals surface area contributed by atoms with Crippen molar-refractivity contribution in [3.63, 3.8) is 0 Å². The van der Waals surface area contributed by atoms with Crippen molar-refractivity contribution in [1.29, 1.82) is 0 Å². The summed E-state index contributed by atoms with van der Waals surface area (Å²) in [5.74, 6) is -2.48. The molecular weight excluding hydrogens is 354 g/mol. The van der Waals surface area contributed by atoms with Crippen LogP contribution >= 0.6 is 0 Å². The van der Waals surface area contributed by atoms with Crippen molar-refractivity contribution in [3.05, 3.63) is 29.3 Å². The molecule has 10 heteroatoms. The highest BCUT2D eigenvalue weighted by Gasteiger charge is 2.37. The summed E-state index contributed by atoms with van der Waals surface area (Å²) in [6.45, 7) is 2.09. The lowest BCUT2D eigenvalue weighted by molar-refractivity contribution is -0.143. The first kappa shape index (κ1) is 20.8. The summed E-state index contributed by atoms with van der Waals surface area (Å²) in [7, 11) is 0. The standard InChI is InChI=1S/C15H16F6N2O2/c1-2-3-4-5-22-12(24)13(25)23-11-7-9(14(16,17)18)6-10(8-11)15(19,20)21/h6-8H,2-5H2,1H3,(H,22,24)(H,23,25). The molecular formula is C15H16F6N2O2. The number of amides is 2. The molecule has 0 aliphatic heterocycles. The third kappa shape index (κ3) is 6.63. The molecule has 140 valence electrons. The highest BCUT2D eigenvalue weighted by molar-refractivity contribution is 6.39. The second-order valence-corrected chi connectivity index (χ2v) is 5.21. The number of halogens is 6. The minimum atomic E-state index is -5.04. The molecule has 0 radical (unpaired) electrons. The summed E-state index contributed by atoms with van der Waals surface area (Å²) < 4.78 is 76.3. The van der Waals surface area contributed by atoms with E-state index in [9.17, 15) is 35.9 Å². The Balaban J connectivity index is 2.93. The fraction of sp³-hybridized carbons (Fsp3) is 0.467. The number of anilines is 1. The second-order valence-electron chi connectivity index (χ2n) is 5.21. The lowest BCUT2D eigenvalue weighted by atomic mass is 10.1. The first-order chi connectivity index (χ1) is 11.4. The number of hydrogen-bond acceptors (Lipinski definition) is 2. The van der Waals surface area contributed by atoms with Crippen LogP contribution in [0.15, 0.2) is 18.2 Å². The van der Waals surface area contributed by atoms with Gasteiger partial charge in [0, 0.05) is 12.2 Å². The third-order valence-corrected chi connectivity index (χ3v) is 3.12. The van der Waals surface area contributed by atoms with E-state index < -0.39 is 41.0 Å². The summed E-state index contributed by atoms with van der Waals surface area (Å²) >= 11 is 0. The third-order valence-electron chi connectivity index (χ3n) is 3.12. The molecule has 1 aromatic carbocycles. The monoisotopic (exact) mass is 370 g/mol. The van der Waals surface area contributed by atoms with Crippen LogP contribution in [0.2, 0.25) is 0 Å². The van der Waals surface area contributed by atoms with Gasteiger partial charge in [-0.2, -0.15) is 26.3 Å². The molecule has 0 heterocycles. The number of rotatable bonds is 5. The number of unbranched alkanes of at least 4 members (excludes halogenated alkanes) is 2. The maximum absolute atomic E-state index is 12.7. The summed E-state index contributed by atoms with van der Waals surface area (Å²) in [4.78, 5) is 23.1. The number of alkyl halides is 6. The van der Waals surface area contributed by atoms with Crippen LogP contribution in [-0.2, 0) is 21.9 Å². The molecule has 0 aliphatic carbocycles. The van der Waals surface area contributed by atoms with Gasteiger partial charge in [0.25, 0.3) is 0 Å². The Kier molecular flexibility index (Phi) is 6.83. The minimum Gasteiger partial charge on any atom is -0.348 e. The molecule has 0 unspecified atom stereocenters. The molecule has 0 fully saturated rings. The SMILES string of the molecule is CCCCCNC(=O)C(=O)Nc1cc(C(F)(F)F)cc(C(F)(F)F)c1. The van der Waals surface area contributed by atoms with Gasteiger partial charge in [0.1, 0.15) is 0 Å². The highest BCUT2D eigenvalue weighted by atomic mass is 19.4. The van der Waals surface area contributed by atoms with Crippen LogP contribution in [0, 0.1) is 0 Å². The van der Waals surface area contributed by atoms with Gasteiger partial charge in [-0.25, -0.2) is 0 Å². The van der Waals surface area contributed by atoms with Crippen molar-refractivity contribution in [2.24, 2.45) is 0 Å². The molecule has 1 rings (SSSR count). The Morgan fingerprint density at radius 3 is 1.84 bits per heavy atom. The second kappa shape index (κ2) is 8.21. The molecule has 0 aliphatic rings. The van der Waals surface area contributed by atoms with Crippen LogP contribution in [0.1, 0.15) is 37.3 Å². The van der Waals surface area contributed by atoms with Gasteiger partial charge in [0.15, 0.2) is 0 Å². The van der Waals surface area contributed by atoms with Crippen LogP contribution in [0.5, 0.6) is 0 Å². The zero-order chi connectivity index (χ0) is 19.3. The van der Waals surface area contributed by atoms with Gasteiger partial charge < -0.3 is 10.6 Å². The molecule has 0 saturated carbocycles. The quantitative estimate of drug-likeness (QED) is 0.468. The number of carbonyl (C=O) groups is 2. The van der Waals surface area contributed by atoms with E-state index >= 15 is 0 Å². The van der Waals surface area contributed by atoms with Crippen molar-refractivity contribution in [1.82, 2.24) is 5.32 Å². The predicted molar refractivity (Wildman–Crippen MR) is 77.6 cm³/mol. The lowest BCUT2D eigenvalue weighted by Crippen LogP contribution is -2.36. The fourth-order valence-corrected chi connectivity index (χ4v) is 1.87. The Labute approximate surface area is 139 Å². The van der Waals surface area contributed by atoms with Crippen LogP contribution in [0.3, 0.4) is 0 Å². The molecule has 0 bridgehead atoms. The van der Waals surface area contributed by atoms with Gasteiger partial charge >= 0.3 is 24.2 Å². The normalized spacial score (nSPS) is 12.0. The van der Waals surface area contributed by atoms with E-state index in [1.54, 1.807) is 5.32 Å². The van der Waals surface area contributed by atoms with Crippen molar-refractivity contribution in [3.8, 4) is 0 Å². The van der Waals surface area contributed by atoms with Gasteiger partial charge in [0.05, 0.1) is 11.1 Å². The fourth-order valence-electron chi connectivity index (χ4n) is 1.87. The molecule has 0 spiro atoms. The zero-order valence-corrected chi connectivity index (χ0v) is 13.1. The van der Waals surface area contributed by atoms with Gasteiger partial charge in [-0.3, -0.25) is 9.59 Å². The zero-order valence-electron chi connectivity index (χ0n) is 13.1. The molecule has 0 aromatic heterocycles. The van der Waals surface area contributed by atoms with E-state index in [-0.39, 0.29) is 12.6 Å². The van der Waals surface area contributed by atoms with Gasteiger partial charge in [0.2, 0.25) is 0 Å². The van der Waals surface area contributed by atoms with Crippen LogP contribution in [0.4, 0.5) is 32.0 Å². The van der Waals surface area contributed by atoms with Gasteiger partial charge in [-0.1, -0.05) is 19.8 Å². The summed E-state index contributed by atoms with van der Waals surface area (Å²) in [5.41, 5.74) is -3.93. The lowest BCUT2D eigenvalue weighted by Gasteiger charge is -2.14. The van der Waals surface area contributed by atoms with Crippen LogP contribution < -0.4 is 10.6 Å². The van der Waals surface area contributed by atoms with E-state index in [0.29, 0.717) is 18.6 Å². The summed E-state index contributed by atoms with van der Waals surface area (Å²) in [6, 6.07) is 0.593. The van der Waals surface area contributed by atoms with Crippen molar-refractivity contribution >= 4 is 17.5 Å². The van der Waals surface area contributed by atoms with Gasteiger partial charge in [-0.05, 0) is 24.6 Å². The Morgan fingerprint density at radius 1 is 0.880 bits per heavy atom.